The number of ether oxygens (including phenoxy) is 2. The van der Waals surface area contributed by atoms with Gasteiger partial charge in [-0.3, -0.25) is 9.79 Å². The van der Waals surface area contributed by atoms with Crippen molar-refractivity contribution in [2.45, 2.75) is 13.8 Å². The maximum absolute atomic E-state index is 12.1. The van der Waals surface area contributed by atoms with Gasteiger partial charge in [-0.1, -0.05) is 0 Å². The van der Waals surface area contributed by atoms with E-state index in [0.717, 1.165) is 0 Å². The van der Waals surface area contributed by atoms with E-state index in [-0.39, 0.29) is 19.1 Å². The van der Waals surface area contributed by atoms with Gasteiger partial charge in [0, 0.05) is 20.4 Å². The van der Waals surface area contributed by atoms with Gasteiger partial charge in [0.1, 0.15) is 6.61 Å². The molecule has 1 rings (SSSR count). The molecule has 21 heavy (non-hydrogen) atoms. The first kappa shape index (κ1) is 16.8. The third-order valence-electron chi connectivity index (χ3n) is 2.76. The maximum Gasteiger partial charge on any atom is 0.340 e. The van der Waals surface area contributed by atoms with E-state index in [0.29, 0.717) is 16.9 Å². The highest BCUT2D eigenvalue weighted by Gasteiger charge is 2.20. The standard InChI is InChI=1S/C15H20N2O4/c1-5-16-11-7-8-13(17(3)14(18)10-20-4)12(9-11)15(19)21-6-2/h5,7-9H,6,10H2,1-4H3. The number of benzene rings is 1. The van der Waals surface area contributed by atoms with Crippen molar-refractivity contribution in [1.82, 2.24) is 0 Å². The Bertz CT molecular complexity index is 540. The second kappa shape index (κ2) is 8.16. The zero-order valence-corrected chi connectivity index (χ0v) is 12.8. The highest BCUT2D eigenvalue weighted by Crippen LogP contribution is 2.26. The number of carbonyl (C=O) groups is 2. The van der Waals surface area contributed by atoms with Gasteiger partial charge in [-0.05, 0) is 32.0 Å². The summed E-state index contributed by atoms with van der Waals surface area (Å²) in [5.41, 5.74) is 1.38. The Morgan fingerprint density at radius 1 is 1.38 bits per heavy atom. The Balaban J connectivity index is 3.23. The summed E-state index contributed by atoms with van der Waals surface area (Å²) in [6, 6.07) is 5.00. The summed E-state index contributed by atoms with van der Waals surface area (Å²) in [6.07, 6.45) is 1.63. The first-order chi connectivity index (χ1) is 10.0. The molecule has 6 nitrogen and oxygen atoms in total. The molecule has 1 amide bonds. The molecular formula is C15H20N2O4. The fourth-order valence-corrected chi connectivity index (χ4v) is 1.77. The fourth-order valence-electron chi connectivity index (χ4n) is 1.77. The molecule has 0 radical (unpaired) electrons. The topological polar surface area (TPSA) is 68.2 Å². The highest BCUT2D eigenvalue weighted by atomic mass is 16.5. The summed E-state index contributed by atoms with van der Waals surface area (Å²) in [6.45, 7) is 3.71. The average Bonchev–Trinajstić information content (AvgIpc) is 2.47. The van der Waals surface area contributed by atoms with Crippen molar-refractivity contribution in [3.63, 3.8) is 0 Å². The van der Waals surface area contributed by atoms with Gasteiger partial charge < -0.3 is 14.4 Å². The minimum Gasteiger partial charge on any atom is -0.462 e. The Hall–Kier alpha value is -2.21. The zero-order chi connectivity index (χ0) is 15.8. The van der Waals surface area contributed by atoms with Crippen LogP contribution in [0.25, 0.3) is 0 Å². The van der Waals surface area contributed by atoms with Crippen LogP contribution < -0.4 is 4.90 Å². The Kier molecular flexibility index (Phi) is 6.55. The van der Waals surface area contributed by atoms with E-state index in [9.17, 15) is 9.59 Å². The molecule has 114 valence electrons. The van der Waals surface area contributed by atoms with Gasteiger partial charge in [0.25, 0.3) is 5.91 Å². The summed E-state index contributed by atoms with van der Waals surface area (Å²) < 4.78 is 9.86. The van der Waals surface area contributed by atoms with E-state index >= 15 is 0 Å². The molecule has 0 aliphatic carbocycles. The van der Waals surface area contributed by atoms with E-state index in [1.165, 1.54) is 12.0 Å². The third-order valence-corrected chi connectivity index (χ3v) is 2.76. The van der Waals surface area contributed by atoms with Crippen molar-refractivity contribution in [1.29, 1.82) is 0 Å². The molecule has 1 aromatic rings. The van der Waals surface area contributed by atoms with Crippen molar-refractivity contribution in [3.8, 4) is 0 Å². The number of hydrogen-bond acceptors (Lipinski definition) is 5. The lowest BCUT2D eigenvalue weighted by Gasteiger charge is -2.20. The number of carbonyl (C=O) groups excluding carboxylic acids is 2. The molecule has 1 aromatic carbocycles. The van der Waals surface area contributed by atoms with Gasteiger partial charge in [-0.2, -0.15) is 0 Å². The molecule has 0 fully saturated rings. The first-order valence-corrected chi connectivity index (χ1v) is 6.60. The molecule has 0 spiro atoms. The molecular weight excluding hydrogens is 272 g/mol. The van der Waals surface area contributed by atoms with Gasteiger partial charge >= 0.3 is 5.97 Å². The van der Waals surface area contributed by atoms with Gasteiger partial charge in [0.2, 0.25) is 0 Å². The number of rotatable bonds is 6. The molecule has 0 aliphatic rings. The smallest absolute Gasteiger partial charge is 0.340 e. The summed E-state index contributed by atoms with van der Waals surface area (Å²) in [5, 5.41) is 0. The molecule has 0 aliphatic heterocycles. The Morgan fingerprint density at radius 3 is 2.67 bits per heavy atom. The van der Waals surface area contributed by atoms with Crippen molar-refractivity contribution in [2.75, 3.05) is 32.3 Å². The van der Waals surface area contributed by atoms with Crippen LogP contribution in [0.1, 0.15) is 24.2 Å². The Morgan fingerprint density at radius 2 is 2.10 bits per heavy atom. The Labute approximate surface area is 124 Å². The minimum atomic E-state index is -0.488. The van der Waals surface area contributed by atoms with Crippen LogP contribution in [0.4, 0.5) is 11.4 Å². The number of likely N-dealkylation sites (N-methyl/N-ethyl adjacent to an activating group) is 1. The van der Waals surface area contributed by atoms with Crippen LogP contribution in [0.2, 0.25) is 0 Å². The molecule has 6 heteroatoms. The molecule has 0 N–H and O–H groups in total. The summed E-state index contributed by atoms with van der Waals surface area (Å²) in [7, 11) is 3.03. The second-order valence-corrected chi connectivity index (χ2v) is 4.19. The lowest BCUT2D eigenvalue weighted by molar-refractivity contribution is -0.121. The van der Waals surface area contributed by atoms with Crippen LogP contribution in [0.5, 0.6) is 0 Å². The lowest BCUT2D eigenvalue weighted by Crippen LogP contribution is -2.31. The van der Waals surface area contributed by atoms with Gasteiger partial charge in [0.05, 0.1) is 23.5 Å². The quantitative estimate of drug-likeness (QED) is 0.595. The van der Waals surface area contributed by atoms with E-state index < -0.39 is 5.97 Å². The fraction of sp³-hybridized carbons (Fsp3) is 0.400. The predicted octanol–water partition coefficient (Wildman–Crippen LogP) is 2.19. The molecule has 0 saturated carbocycles. The van der Waals surface area contributed by atoms with Crippen molar-refractivity contribution >= 4 is 29.5 Å². The van der Waals surface area contributed by atoms with Gasteiger partial charge in [-0.15, -0.1) is 0 Å². The number of methoxy groups -OCH3 is 1. The van der Waals surface area contributed by atoms with Crippen LogP contribution in [-0.4, -0.2) is 45.5 Å². The SMILES string of the molecule is CC=Nc1ccc(N(C)C(=O)COC)c(C(=O)OCC)c1. The number of hydrogen-bond donors (Lipinski definition) is 0. The number of aliphatic imine (C=N–C) groups is 1. The summed E-state index contributed by atoms with van der Waals surface area (Å²) >= 11 is 0. The van der Waals surface area contributed by atoms with E-state index in [1.807, 2.05) is 0 Å². The minimum absolute atomic E-state index is 0.0619. The summed E-state index contributed by atoms with van der Waals surface area (Å²) in [5.74, 6) is -0.743. The van der Waals surface area contributed by atoms with Gasteiger partial charge in [-0.25, -0.2) is 4.79 Å². The molecule has 0 atom stereocenters. The average molecular weight is 292 g/mol. The highest BCUT2D eigenvalue weighted by molar-refractivity contribution is 6.03. The van der Waals surface area contributed by atoms with E-state index in [4.69, 9.17) is 9.47 Å². The number of esters is 1. The van der Waals surface area contributed by atoms with Crippen molar-refractivity contribution < 1.29 is 19.1 Å². The number of amides is 1. The zero-order valence-electron chi connectivity index (χ0n) is 12.8. The monoisotopic (exact) mass is 292 g/mol. The number of nitrogens with zero attached hydrogens (tertiary/aromatic N) is 2. The molecule has 0 unspecified atom stereocenters. The predicted molar refractivity (Wildman–Crippen MR) is 81.5 cm³/mol. The second-order valence-electron chi connectivity index (χ2n) is 4.19. The first-order valence-electron chi connectivity index (χ1n) is 6.60. The normalized spacial score (nSPS) is 10.7. The molecule has 0 bridgehead atoms. The summed E-state index contributed by atoms with van der Waals surface area (Å²) in [4.78, 5) is 29.5. The molecule has 0 aromatic heterocycles. The van der Waals surface area contributed by atoms with Crippen molar-refractivity contribution in [3.05, 3.63) is 23.8 Å². The van der Waals surface area contributed by atoms with Crippen LogP contribution in [0.3, 0.4) is 0 Å². The third kappa shape index (κ3) is 4.39. The van der Waals surface area contributed by atoms with Crippen LogP contribution >= 0.6 is 0 Å². The van der Waals surface area contributed by atoms with Crippen molar-refractivity contribution in [2.24, 2.45) is 4.99 Å². The van der Waals surface area contributed by atoms with Crippen LogP contribution in [-0.2, 0) is 14.3 Å². The number of anilines is 1. The molecule has 0 saturated heterocycles. The lowest BCUT2D eigenvalue weighted by atomic mass is 10.1. The van der Waals surface area contributed by atoms with Gasteiger partial charge in [0.15, 0.2) is 0 Å². The largest absolute Gasteiger partial charge is 0.462 e. The van der Waals surface area contributed by atoms with Crippen LogP contribution in [0.15, 0.2) is 23.2 Å². The van der Waals surface area contributed by atoms with Crippen LogP contribution in [0, 0.1) is 0 Å². The molecule has 0 heterocycles. The maximum atomic E-state index is 12.1. The van der Waals surface area contributed by atoms with E-state index in [2.05, 4.69) is 4.99 Å². The van der Waals surface area contributed by atoms with E-state index in [1.54, 1.807) is 45.3 Å².